The molecule has 0 aliphatic rings. The van der Waals surface area contributed by atoms with Gasteiger partial charge in [0.1, 0.15) is 5.75 Å². The summed E-state index contributed by atoms with van der Waals surface area (Å²) >= 11 is 0. The van der Waals surface area contributed by atoms with Gasteiger partial charge in [-0.15, -0.1) is 5.69 Å². The minimum atomic E-state index is -0.192. The predicted octanol–water partition coefficient (Wildman–Crippen LogP) is -0.718. The first-order valence-corrected chi connectivity index (χ1v) is 3.17. The minimum Gasteiger partial charge on any atom is -0.699 e. The summed E-state index contributed by atoms with van der Waals surface area (Å²) in [5, 5.41) is 9.12. The molecule has 0 atom stereocenters. The van der Waals surface area contributed by atoms with Gasteiger partial charge in [0.15, 0.2) is 5.78 Å². The number of benzene rings is 1. The van der Waals surface area contributed by atoms with Gasteiger partial charge in [0.05, 0.1) is 5.56 Å². The molecule has 2 N–H and O–H groups in total. The number of Topliss-reactive ketones (excluding diaryl/α,β-unsaturated/α-hetero) is 1. The molecule has 3 nitrogen and oxygen atoms in total. The monoisotopic (exact) mass is 157 g/mol. The maximum atomic E-state index is 10.8. The maximum Gasteiger partial charge on any atom is 1.00 e. The number of ketones is 1. The average molecular weight is 157 g/mol. The molecule has 58 valence electrons. The molecule has 0 spiro atoms. The first kappa shape index (κ1) is 11.1. The number of nitrogens with one attached hydrogen (secondary N) is 1. The van der Waals surface area contributed by atoms with Crippen LogP contribution in [0.1, 0.15) is 17.3 Å². The van der Waals surface area contributed by atoms with Crippen LogP contribution in [0.15, 0.2) is 18.2 Å². The molecular formula is C8H8LiNO2. The van der Waals surface area contributed by atoms with E-state index in [-0.39, 0.29) is 41.6 Å². The summed E-state index contributed by atoms with van der Waals surface area (Å²) in [7, 11) is 0. The Labute approximate surface area is 82.8 Å². The Bertz CT molecular complexity index is 299. The molecule has 0 aliphatic heterocycles. The number of aromatic hydroxyl groups is 1. The van der Waals surface area contributed by atoms with Gasteiger partial charge >= 0.3 is 18.9 Å². The Morgan fingerprint density at radius 3 is 2.50 bits per heavy atom. The molecule has 0 saturated carbocycles. The topological polar surface area (TPSA) is 61.1 Å². The van der Waals surface area contributed by atoms with Crippen molar-refractivity contribution in [3.05, 3.63) is 29.5 Å². The molecule has 0 bridgehead atoms. The van der Waals surface area contributed by atoms with Crippen molar-refractivity contribution in [2.75, 3.05) is 0 Å². The molecule has 1 aromatic carbocycles. The third kappa shape index (κ3) is 2.30. The predicted molar refractivity (Wildman–Crippen MR) is 42.1 cm³/mol. The van der Waals surface area contributed by atoms with Gasteiger partial charge in [-0.3, -0.25) is 4.79 Å². The van der Waals surface area contributed by atoms with Crippen molar-refractivity contribution in [2.45, 2.75) is 6.92 Å². The van der Waals surface area contributed by atoms with Crippen molar-refractivity contribution in [2.24, 2.45) is 0 Å². The molecule has 0 aromatic heterocycles. The molecule has 4 heteroatoms. The van der Waals surface area contributed by atoms with Crippen molar-refractivity contribution in [1.82, 2.24) is 0 Å². The van der Waals surface area contributed by atoms with Crippen molar-refractivity contribution in [1.29, 1.82) is 0 Å². The van der Waals surface area contributed by atoms with E-state index in [1.54, 1.807) is 0 Å². The van der Waals surface area contributed by atoms with Gasteiger partial charge in [0.2, 0.25) is 0 Å². The number of hydrogen-bond acceptors (Lipinski definition) is 2. The van der Waals surface area contributed by atoms with Crippen LogP contribution in [0.3, 0.4) is 0 Å². The number of carbonyl (C=O) groups is 1. The molecule has 0 saturated heterocycles. The normalized spacial score (nSPS) is 8.75. The Morgan fingerprint density at radius 1 is 1.50 bits per heavy atom. The smallest absolute Gasteiger partial charge is 0.699 e. The van der Waals surface area contributed by atoms with Gasteiger partial charge in [0.25, 0.3) is 0 Å². The molecule has 1 aromatic rings. The van der Waals surface area contributed by atoms with Crippen molar-refractivity contribution < 1.29 is 28.8 Å². The van der Waals surface area contributed by atoms with Gasteiger partial charge in [-0.1, -0.05) is 6.07 Å². The fraction of sp³-hybridized carbons (Fsp3) is 0.125. The average Bonchev–Trinajstić information content (AvgIpc) is 1.85. The van der Waals surface area contributed by atoms with Crippen LogP contribution in [0, 0.1) is 0 Å². The molecule has 0 amide bonds. The summed E-state index contributed by atoms with van der Waals surface area (Å²) in [5.74, 6) is -0.312. The summed E-state index contributed by atoms with van der Waals surface area (Å²) < 4.78 is 0. The van der Waals surface area contributed by atoms with Crippen LogP contribution in [-0.4, -0.2) is 10.9 Å². The third-order valence-corrected chi connectivity index (χ3v) is 1.38. The fourth-order valence-electron chi connectivity index (χ4n) is 0.829. The fourth-order valence-corrected chi connectivity index (χ4v) is 0.829. The maximum absolute atomic E-state index is 10.8. The second-order valence-electron chi connectivity index (χ2n) is 2.29. The van der Waals surface area contributed by atoms with Crippen LogP contribution in [0.5, 0.6) is 5.75 Å². The Morgan fingerprint density at radius 2 is 2.08 bits per heavy atom. The molecule has 12 heavy (non-hydrogen) atoms. The van der Waals surface area contributed by atoms with E-state index < -0.39 is 0 Å². The van der Waals surface area contributed by atoms with Gasteiger partial charge in [-0.05, 0) is 19.1 Å². The van der Waals surface area contributed by atoms with E-state index in [4.69, 9.17) is 10.8 Å². The largest absolute Gasteiger partial charge is 1.00 e. The summed E-state index contributed by atoms with van der Waals surface area (Å²) in [6.45, 7) is 1.37. The van der Waals surface area contributed by atoms with Crippen molar-refractivity contribution in [3.63, 3.8) is 0 Å². The third-order valence-electron chi connectivity index (χ3n) is 1.38. The zero-order chi connectivity index (χ0) is 8.43. The van der Waals surface area contributed by atoms with E-state index in [2.05, 4.69) is 0 Å². The van der Waals surface area contributed by atoms with Crippen LogP contribution < -0.4 is 18.9 Å². The minimum absolute atomic E-state index is 0. The standard InChI is InChI=1S/C8H9NO2.Li/c1-5(10)7-3-2-6(9)4-8(7)11;/h2-4H,1H3,(H3,9,10,11);/q;+1/p-1. The molecule has 1 rings (SSSR count). The zero-order valence-corrected chi connectivity index (χ0v) is 7.09. The summed E-state index contributed by atoms with van der Waals surface area (Å²) in [4.78, 5) is 10.8. The number of hydrogen-bond donors (Lipinski definition) is 1. The number of phenolic OH excluding ortho intramolecular Hbond substituents is 1. The van der Waals surface area contributed by atoms with E-state index in [9.17, 15) is 4.79 Å². The number of rotatable bonds is 1. The van der Waals surface area contributed by atoms with Crippen LogP contribution in [0.25, 0.3) is 5.73 Å². The van der Waals surface area contributed by atoms with Crippen LogP contribution in [0.4, 0.5) is 5.69 Å². The van der Waals surface area contributed by atoms with Crippen molar-refractivity contribution >= 4 is 11.5 Å². The zero-order valence-electron chi connectivity index (χ0n) is 7.09. The first-order valence-electron chi connectivity index (χ1n) is 3.17. The van der Waals surface area contributed by atoms with Gasteiger partial charge in [0, 0.05) is 0 Å². The SMILES string of the molecule is CC(=O)c1ccc([NH-])cc1O.[Li+]. The number of phenols is 1. The quantitative estimate of drug-likeness (QED) is 0.432. The van der Waals surface area contributed by atoms with E-state index in [1.165, 1.54) is 25.1 Å². The molecule has 0 radical (unpaired) electrons. The van der Waals surface area contributed by atoms with Gasteiger partial charge in [-0.25, -0.2) is 0 Å². The summed E-state index contributed by atoms with van der Waals surface area (Å²) in [6, 6.07) is 4.16. The first-order chi connectivity index (χ1) is 5.11. The second kappa shape index (κ2) is 4.20. The Balaban J connectivity index is 0.00000121. The molecule has 0 aliphatic carbocycles. The Hall–Kier alpha value is -0.913. The second-order valence-corrected chi connectivity index (χ2v) is 2.29. The van der Waals surface area contributed by atoms with Crippen LogP contribution >= 0.6 is 0 Å². The van der Waals surface area contributed by atoms with E-state index in [1.807, 2.05) is 0 Å². The van der Waals surface area contributed by atoms with E-state index >= 15 is 0 Å². The molecule has 0 heterocycles. The molecule has 0 unspecified atom stereocenters. The summed E-state index contributed by atoms with van der Waals surface area (Å²) in [5.41, 5.74) is 7.57. The Kier molecular flexibility index (Phi) is 3.88. The van der Waals surface area contributed by atoms with E-state index in [0.29, 0.717) is 0 Å². The molecular weight excluding hydrogens is 149 g/mol. The van der Waals surface area contributed by atoms with Crippen LogP contribution in [-0.2, 0) is 0 Å². The van der Waals surface area contributed by atoms with Crippen LogP contribution in [0.2, 0.25) is 0 Å². The van der Waals surface area contributed by atoms with E-state index in [0.717, 1.165) is 0 Å². The number of carbonyl (C=O) groups excluding carboxylic acids is 1. The van der Waals surface area contributed by atoms with Gasteiger partial charge < -0.3 is 10.8 Å². The van der Waals surface area contributed by atoms with Gasteiger partial charge in [-0.2, -0.15) is 0 Å². The van der Waals surface area contributed by atoms with Crippen molar-refractivity contribution in [3.8, 4) is 5.75 Å². The molecule has 0 fully saturated rings. The summed E-state index contributed by atoms with van der Waals surface area (Å²) in [6.07, 6.45) is 0.